The molecule has 1 N–H and O–H groups in total. The van der Waals surface area contributed by atoms with Gasteiger partial charge in [-0.1, -0.05) is 0 Å². The van der Waals surface area contributed by atoms with E-state index in [0.717, 1.165) is 0 Å². The van der Waals surface area contributed by atoms with Crippen molar-refractivity contribution < 1.29 is 9.53 Å². The summed E-state index contributed by atoms with van der Waals surface area (Å²) >= 11 is 1.48. The number of amides is 1. The van der Waals surface area contributed by atoms with E-state index in [9.17, 15) is 4.79 Å². The summed E-state index contributed by atoms with van der Waals surface area (Å²) in [4.78, 5) is 11.2. The molecule has 11 heavy (non-hydrogen) atoms. The molecule has 2 rings (SSSR count). The topological polar surface area (TPSA) is 38.3 Å². The zero-order valence-corrected chi connectivity index (χ0v) is 6.61. The molecule has 2 heterocycles. The fraction of sp³-hybridized carbons (Fsp3) is 0.286. The Balaban J connectivity index is 2.41. The van der Waals surface area contributed by atoms with Gasteiger partial charge >= 0.3 is 0 Å². The number of hydrogen-bond donors (Lipinski definition) is 1. The fourth-order valence-electron chi connectivity index (χ4n) is 0.983. The van der Waals surface area contributed by atoms with Crippen molar-refractivity contribution in [1.82, 2.24) is 5.32 Å². The lowest BCUT2D eigenvalue weighted by molar-refractivity contribution is 0.0957. The molecule has 0 aliphatic carbocycles. The normalized spacial score (nSPS) is 16.2. The first kappa shape index (κ1) is 6.67. The summed E-state index contributed by atoms with van der Waals surface area (Å²) in [6.07, 6.45) is 0. The quantitative estimate of drug-likeness (QED) is 0.625. The molecular weight excluding hydrogens is 162 g/mol. The minimum Gasteiger partial charge on any atom is -0.490 e. The van der Waals surface area contributed by atoms with Crippen molar-refractivity contribution in [3.63, 3.8) is 0 Å². The maximum absolute atomic E-state index is 11.2. The van der Waals surface area contributed by atoms with Crippen molar-refractivity contribution in [3.8, 4) is 5.75 Å². The van der Waals surface area contributed by atoms with E-state index in [1.165, 1.54) is 11.3 Å². The van der Waals surface area contributed by atoms with Crippen molar-refractivity contribution in [2.45, 2.75) is 0 Å². The van der Waals surface area contributed by atoms with Crippen LogP contribution in [0.15, 0.2) is 10.8 Å². The minimum absolute atomic E-state index is 0.0289. The number of thiophene rings is 1. The highest BCUT2D eigenvalue weighted by Gasteiger charge is 2.15. The standard InChI is InChI=1S/C7H7NO2S/c9-7-5-3-11-4-6(5)10-2-1-8-7/h3-4H,1-2H2,(H,8,9). The van der Waals surface area contributed by atoms with E-state index in [1.807, 2.05) is 5.38 Å². The van der Waals surface area contributed by atoms with Gasteiger partial charge in [-0.05, 0) is 0 Å². The lowest BCUT2D eigenvalue weighted by atomic mass is 10.3. The van der Waals surface area contributed by atoms with Gasteiger partial charge in [0, 0.05) is 10.8 Å². The molecule has 1 aromatic heterocycles. The molecule has 58 valence electrons. The Bertz CT molecular complexity index is 282. The average molecular weight is 169 g/mol. The number of carbonyl (C=O) groups excluding carboxylic acids is 1. The first-order valence-electron chi connectivity index (χ1n) is 3.35. The maximum Gasteiger partial charge on any atom is 0.256 e. The fourth-order valence-corrected chi connectivity index (χ4v) is 1.73. The number of carbonyl (C=O) groups is 1. The van der Waals surface area contributed by atoms with E-state index >= 15 is 0 Å². The molecule has 0 spiro atoms. The predicted molar refractivity (Wildman–Crippen MR) is 42.1 cm³/mol. The van der Waals surface area contributed by atoms with E-state index in [1.54, 1.807) is 5.38 Å². The molecule has 4 heteroatoms. The molecule has 1 aromatic rings. The molecule has 0 radical (unpaired) electrons. The highest BCUT2D eigenvalue weighted by molar-refractivity contribution is 7.08. The van der Waals surface area contributed by atoms with Crippen molar-refractivity contribution in [2.75, 3.05) is 13.2 Å². The molecule has 0 fully saturated rings. The number of ether oxygens (including phenoxy) is 1. The molecule has 0 saturated carbocycles. The van der Waals surface area contributed by atoms with Gasteiger partial charge in [0.1, 0.15) is 12.4 Å². The van der Waals surface area contributed by atoms with Gasteiger partial charge < -0.3 is 10.1 Å². The van der Waals surface area contributed by atoms with Crippen LogP contribution >= 0.6 is 11.3 Å². The van der Waals surface area contributed by atoms with Crippen LogP contribution in [0.5, 0.6) is 5.75 Å². The Hall–Kier alpha value is -1.03. The maximum atomic E-state index is 11.2. The van der Waals surface area contributed by atoms with Crippen LogP contribution in [-0.2, 0) is 0 Å². The summed E-state index contributed by atoms with van der Waals surface area (Å²) in [5.41, 5.74) is 0.660. The number of rotatable bonds is 0. The predicted octanol–water partition coefficient (Wildman–Crippen LogP) is 0.870. The number of fused-ring (bicyclic) bond motifs is 1. The smallest absolute Gasteiger partial charge is 0.256 e. The second-order valence-corrected chi connectivity index (χ2v) is 3.00. The average Bonchev–Trinajstić information content (AvgIpc) is 2.40. The Labute approximate surface area is 68.0 Å². The van der Waals surface area contributed by atoms with Crippen molar-refractivity contribution in [1.29, 1.82) is 0 Å². The Morgan fingerprint density at radius 1 is 1.55 bits per heavy atom. The monoisotopic (exact) mass is 169 g/mol. The van der Waals surface area contributed by atoms with Crippen LogP contribution in [0.2, 0.25) is 0 Å². The Morgan fingerprint density at radius 2 is 2.45 bits per heavy atom. The second-order valence-electron chi connectivity index (χ2n) is 2.25. The first-order valence-corrected chi connectivity index (χ1v) is 4.29. The molecule has 0 bridgehead atoms. The molecule has 0 atom stereocenters. The summed E-state index contributed by atoms with van der Waals surface area (Å²) in [5.74, 6) is 0.684. The van der Waals surface area contributed by atoms with Crippen molar-refractivity contribution in [2.24, 2.45) is 0 Å². The summed E-state index contributed by atoms with van der Waals surface area (Å²) in [7, 11) is 0. The van der Waals surface area contributed by atoms with Gasteiger partial charge in [-0.25, -0.2) is 0 Å². The van der Waals surface area contributed by atoms with Gasteiger partial charge in [0.15, 0.2) is 0 Å². The van der Waals surface area contributed by atoms with Gasteiger partial charge in [0.2, 0.25) is 0 Å². The second kappa shape index (κ2) is 2.54. The highest BCUT2D eigenvalue weighted by Crippen LogP contribution is 2.24. The van der Waals surface area contributed by atoms with E-state index in [0.29, 0.717) is 24.5 Å². The molecule has 1 aliphatic rings. The molecule has 1 amide bonds. The Kier molecular flexibility index (Phi) is 1.54. The third-order valence-corrected chi connectivity index (χ3v) is 2.24. The minimum atomic E-state index is -0.0289. The van der Waals surface area contributed by atoms with Crippen LogP contribution in [0, 0.1) is 0 Å². The van der Waals surface area contributed by atoms with Crippen LogP contribution in [0.1, 0.15) is 10.4 Å². The molecule has 1 aliphatic heterocycles. The molecule has 0 unspecified atom stereocenters. The summed E-state index contributed by atoms with van der Waals surface area (Å²) in [5, 5.41) is 6.38. The van der Waals surface area contributed by atoms with Gasteiger partial charge in [0.25, 0.3) is 5.91 Å². The Morgan fingerprint density at radius 3 is 3.36 bits per heavy atom. The van der Waals surface area contributed by atoms with Gasteiger partial charge in [-0.3, -0.25) is 4.79 Å². The van der Waals surface area contributed by atoms with Crippen LogP contribution in [0.4, 0.5) is 0 Å². The van der Waals surface area contributed by atoms with E-state index in [-0.39, 0.29) is 5.91 Å². The zero-order chi connectivity index (χ0) is 7.68. The third kappa shape index (κ3) is 1.09. The van der Waals surface area contributed by atoms with E-state index in [4.69, 9.17) is 4.74 Å². The lowest BCUT2D eigenvalue weighted by Gasteiger charge is -1.96. The van der Waals surface area contributed by atoms with Gasteiger partial charge in [-0.2, -0.15) is 0 Å². The largest absolute Gasteiger partial charge is 0.490 e. The van der Waals surface area contributed by atoms with Crippen molar-refractivity contribution >= 4 is 17.2 Å². The van der Waals surface area contributed by atoms with Crippen molar-refractivity contribution in [3.05, 3.63) is 16.3 Å². The number of hydrogen-bond acceptors (Lipinski definition) is 3. The van der Waals surface area contributed by atoms with Crippen LogP contribution < -0.4 is 10.1 Å². The molecular formula is C7H7NO2S. The van der Waals surface area contributed by atoms with Gasteiger partial charge in [-0.15, -0.1) is 11.3 Å². The van der Waals surface area contributed by atoms with Crippen LogP contribution in [0.3, 0.4) is 0 Å². The van der Waals surface area contributed by atoms with E-state index < -0.39 is 0 Å². The van der Waals surface area contributed by atoms with E-state index in [2.05, 4.69) is 5.32 Å². The third-order valence-electron chi connectivity index (χ3n) is 1.52. The van der Waals surface area contributed by atoms with Crippen LogP contribution in [-0.4, -0.2) is 19.1 Å². The molecule has 3 nitrogen and oxygen atoms in total. The van der Waals surface area contributed by atoms with Crippen LogP contribution in [0.25, 0.3) is 0 Å². The lowest BCUT2D eigenvalue weighted by Crippen LogP contribution is -2.24. The highest BCUT2D eigenvalue weighted by atomic mass is 32.1. The zero-order valence-electron chi connectivity index (χ0n) is 5.79. The number of nitrogens with one attached hydrogen (secondary N) is 1. The van der Waals surface area contributed by atoms with Gasteiger partial charge in [0.05, 0.1) is 12.1 Å². The molecule has 0 aromatic carbocycles. The summed E-state index contributed by atoms with van der Waals surface area (Å²) in [6, 6.07) is 0. The summed E-state index contributed by atoms with van der Waals surface area (Å²) in [6.45, 7) is 1.16. The molecule has 0 saturated heterocycles. The SMILES string of the molecule is O=C1NCCOc2cscc21. The first-order chi connectivity index (χ1) is 5.38. The summed E-state index contributed by atoms with van der Waals surface area (Å²) < 4.78 is 5.29.